The molecule has 0 aliphatic heterocycles. The SMILES string of the molecule is Cc1cnc(C(=O)Nc2ccccc2)c(C)c1. The van der Waals surface area contributed by atoms with Gasteiger partial charge in [0.1, 0.15) is 5.69 Å². The summed E-state index contributed by atoms with van der Waals surface area (Å²) in [4.78, 5) is 16.1. The molecule has 0 unspecified atom stereocenters. The minimum Gasteiger partial charge on any atom is -0.321 e. The molecule has 0 radical (unpaired) electrons. The van der Waals surface area contributed by atoms with Gasteiger partial charge in [-0.15, -0.1) is 0 Å². The number of hydrogen-bond acceptors (Lipinski definition) is 2. The van der Waals surface area contributed by atoms with Gasteiger partial charge in [-0.05, 0) is 37.1 Å². The molecule has 0 saturated heterocycles. The number of anilines is 1. The molecule has 3 nitrogen and oxygen atoms in total. The van der Waals surface area contributed by atoms with Crippen LogP contribution in [0.15, 0.2) is 42.6 Å². The van der Waals surface area contributed by atoms with Crippen LogP contribution in [0.5, 0.6) is 0 Å². The highest BCUT2D eigenvalue weighted by Crippen LogP contribution is 2.11. The fourth-order valence-corrected chi connectivity index (χ4v) is 1.66. The van der Waals surface area contributed by atoms with Crippen LogP contribution in [-0.2, 0) is 0 Å². The van der Waals surface area contributed by atoms with Crippen molar-refractivity contribution in [2.45, 2.75) is 13.8 Å². The second kappa shape index (κ2) is 4.78. The van der Waals surface area contributed by atoms with Crippen molar-refractivity contribution >= 4 is 11.6 Å². The number of aromatic nitrogens is 1. The number of nitrogens with zero attached hydrogens (tertiary/aromatic N) is 1. The maximum absolute atomic E-state index is 12.0. The number of amides is 1. The van der Waals surface area contributed by atoms with E-state index in [-0.39, 0.29) is 5.91 Å². The lowest BCUT2D eigenvalue weighted by atomic mass is 10.1. The Balaban J connectivity index is 2.21. The second-order valence-electron chi connectivity index (χ2n) is 4.00. The molecular formula is C14H14N2O. The quantitative estimate of drug-likeness (QED) is 0.855. The van der Waals surface area contributed by atoms with E-state index in [0.717, 1.165) is 16.8 Å². The number of rotatable bonds is 2. The number of carbonyl (C=O) groups is 1. The first-order valence-corrected chi connectivity index (χ1v) is 5.46. The van der Waals surface area contributed by atoms with E-state index in [1.165, 1.54) is 0 Å². The Morgan fingerprint density at radius 2 is 1.88 bits per heavy atom. The van der Waals surface area contributed by atoms with Crippen molar-refractivity contribution < 1.29 is 4.79 Å². The number of nitrogens with one attached hydrogen (secondary N) is 1. The van der Waals surface area contributed by atoms with Gasteiger partial charge in [0.25, 0.3) is 5.91 Å². The third-order valence-electron chi connectivity index (χ3n) is 2.46. The summed E-state index contributed by atoms with van der Waals surface area (Å²) in [5.41, 5.74) is 3.19. The molecule has 1 N–H and O–H groups in total. The highest BCUT2D eigenvalue weighted by atomic mass is 16.1. The predicted molar refractivity (Wildman–Crippen MR) is 68.1 cm³/mol. The second-order valence-corrected chi connectivity index (χ2v) is 4.00. The zero-order valence-corrected chi connectivity index (χ0v) is 9.90. The molecule has 86 valence electrons. The van der Waals surface area contributed by atoms with Crippen LogP contribution < -0.4 is 5.32 Å². The lowest BCUT2D eigenvalue weighted by Crippen LogP contribution is -2.15. The number of hydrogen-bond donors (Lipinski definition) is 1. The lowest BCUT2D eigenvalue weighted by molar-refractivity contribution is 0.102. The molecule has 1 heterocycles. The molecular weight excluding hydrogens is 212 g/mol. The van der Waals surface area contributed by atoms with E-state index >= 15 is 0 Å². The van der Waals surface area contributed by atoms with Crippen molar-refractivity contribution in [1.29, 1.82) is 0 Å². The van der Waals surface area contributed by atoms with Crippen molar-refractivity contribution in [3.63, 3.8) is 0 Å². The summed E-state index contributed by atoms with van der Waals surface area (Å²) in [6.07, 6.45) is 1.70. The number of para-hydroxylation sites is 1. The van der Waals surface area contributed by atoms with Crippen LogP contribution in [0.1, 0.15) is 21.6 Å². The van der Waals surface area contributed by atoms with Crippen LogP contribution in [0.2, 0.25) is 0 Å². The van der Waals surface area contributed by atoms with Crippen molar-refractivity contribution in [1.82, 2.24) is 4.98 Å². The molecule has 1 amide bonds. The third kappa shape index (κ3) is 2.69. The summed E-state index contributed by atoms with van der Waals surface area (Å²) in [6.45, 7) is 3.85. The van der Waals surface area contributed by atoms with Crippen molar-refractivity contribution in [2.24, 2.45) is 0 Å². The largest absolute Gasteiger partial charge is 0.321 e. The van der Waals surface area contributed by atoms with Crippen molar-refractivity contribution in [3.05, 3.63) is 59.4 Å². The lowest BCUT2D eigenvalue weighted by Gasteiger charge is -2.07. The van der Waals surface area contributed by atoms with Crippen molar-refractivity contribution in [2.75, 3.05) is 5.32 Å². The Hall–Kier alpha value is -2.16. The maximum atomic E-state index is 12.0. The van der Waals surface area contributed by atoms with Crippen LogP contribution >= 0.6 is 0 Å². The normalized spacial score (nSPS) is 10.0. The molecule has 0 fully saturated rings. The number of benzene rings is 1. The highest BCUT2D eigenvalue weighted by molar-refractivity contribution is 6.03. The summed E-state index contributed by atoms with van der Waals surface area (Å²) in [6, 6.07) is 11.3. The average Bonchev–Trinajstić information content (AvgIpc) is 2.30. The highest BCUT2D eigenvalue weighted by Gasteiger charge is 2.10. The monoisotopic (exact) mass is 226 g/mol. The van der Waals surface area contributed by atoms with E-state index in [2.05, 4.69) is 10.3 Å². The molecule has 2 rings (SSSR count). The zero-order chi connectivity index (χ0) is 12.3. The summed E-state index contributed by atoms with van der Waals surface area (Å²) >= 11 is 0. The van der Waals surface area contributed by atoms with Crippen LogP contribution in [0.25, 0.3) is 0 Å². The van der Waals surface area contributed by atoms with E-state index in [1.807, 2.05) is 50.2 Å². The van der Waals surface area contributed by atoms with Gasteiger partial charge in [0.2, 0.25) is 0 Å². The van der Waals surface area contributed by atoms with E-state index in [1.54, 1.807) is 6.20 Å². The van der Waals surface area contributed by atoms with Crippen LogP contribution in [-0.4, -0.2) is 10.9 Å². The number of pyridine rings is 1. The Bertz CT molecular complexity index is 535. The zero-order valence-electron chi connectivity index (χ0n) is 9.90. The standard InChI is InChI=1S/C14H14N2O/c1-10-8-11(2)13(15-9-10)14(17)16-12-6-4-3-5-7-12/h3-9H,1-2H3,(H,16,17). The first-order chi connectivity index (χ1) is 8.16. The van der Waals surface area contributed by atoms with Crippen LogP contribution in [0, 0.1) is 13.8 Å². The molecule has 0 spiro atoms. The van der Waals surface area contributed by atoms with Gasteiger partial charge in [0.15, 0.2) is 0 Å². The number of carbonyl (C=O) groups excluding carboxylic acids is 1. The molecule has 0 saturated carbocycles. The first-order valence-electron chi connectivity index (χ1n) is 5.46. The van der Waals surface area contributed by atoms with Gasteiger partial charge >= 0.3 is 0 Å². The molecule has 0 aliphatic carbocycles. The minimum absolute atomic E-state index is 0.172. The van der Waals surface area contributed by atoms with E-state index in [0.29, 0.717) is 5.69 Å². The fraction of sp³-hybridized carbons (Fsp3) is 0.143. The Morgan fingerprint density at radius 1 is 1.18 bits per heavy atom. The van der Waals surface area contributed by atoms with Crippen molar-refractivity contribution in [3.8, 4) is 0 Å². The van der Waals surface area contributed by atoms with Gasteiger partial charge in [-0.3, -0.25) is 9.78 Å². The number of aryl methyl sites for hydroxylation is 2. The minimum atomic E-state index is -0.172. The Labute approximate surface area is 101 Å². The molecule has 17 heavy (non-hydrogen) atoms. The molecule has 0 bridgehead atoms. The molecule has 0 aliphatic rings. The smallest absolute Gasteiger partial charge is 0.274 e. The summed E-state index contributed by atoms with van der Waals surface area (Å²) < 4.78 is 0. The van der Waals surface area contributed by atoms with E-state index in [9.17, 15) is 4.79 Å². The average molecular weight is 226 g/mol. The van der Waals surface area contributed by atoms with Gasteiger partial charge in [0.05, 0.1) is 0 Å². The van der Waals surface area contributed by atoms with Crippen LogP contribution in [0.4, 0.5) is 5.69 Å². The van der Waals surface area contributed by atoms with Crippen LogP contribution in [0.3, 0.4) is 0 Å². The van der Waals surface area contributed by atoms with Gasteiger partial charge in [-0.1, -0.05) is 24.3 Å². The molecule has 0 atom stereocenters. The molecule has 1 aromatic carbocycles. The van der Waals surface area contributed by atoms with Gasteiger partial charge in [-0.2, -0.15) is 0 Å². The summed E-state index contributed by atoms with van der Waals surface area (Å²) in [5.74, 6) is -0.172. The topological polar surface area (TPSA) is 42.0 Å². The predicted octanol–water partition coefficient (Wildman–Crippen LogP) is 2.95. The first kappa shape index (κ1) is 11.3. The Morgan fingerprint density at radius 3 is 2.53 bits per heavy atom. The molecule has 3 heteroatoms. The fourth-order valence-electron chi connectivity index (χ4n) is 1.66. The maximum Gasteiger partial charge on any atom is 0.274 e. The van der Waals surface area contributed by atoms with E-state index in [4.69, 9.17) is 0 Å². The molecule has 1 aromatic heterocycles. The van der Waals surface area contributed by atoms with Gasteiger partial charge in [0, 0.05) is 11.9 Å². The van der Waals surface area contributed by atoms with Gasteiger partial charge < -0.3 is 5.32 Å². The van der Waals surface area contributed by atoms with Gasteiger partial charge in [-0.25, -0.2) is 0 Å². The summed E-state index contributed by atoms with van der Waals surface area (Å²) in [5, 5.41) is 2.82. The summed E-state index contributed by atoms with van der Waals surface area (Å²) in [7, 11) is 0. The van der Waals surface area contributed by atoms with E-state index < -0.39 is 0 Å². The third-order valence-corrected chi connectivity index (χ3v) is 2.46. The Kier molecular flexibility index (Phi) is 3.19. The molecule has 2 aromatic rings.